The molecule has 104 valence electrons. The molecule has 5 nitrogen and oxygen atoms in total. The number of amides is 1. The van der Waals surface area contributed by atoms with Gasteiger partial charge in [-0.05, 0) is 26.8 Å². The van der Waals surface area contributed by atoms with Crippen LogP contribution in [0.5, 0.6) is 0 Å². The number of rotatable bonds is 0. The minimum Gasteiger partial charge on any atom is -0.442 e. The quantitative estimate of drug-likeness (QED) is 0.636. The molecular weight excluding hydrogens is 254 g/mol. The second kappa shape index (κ2) is 6.58. The van der Waals surface area contributed by atoms with Gasteiger partial charge in [0.05, 0.1) is 24.1 Å². The Balaban J connectivity index is 2.95. The molecule has 1 amide bonds. The fourth-order valence-corrected chi connectivity index (χ4v) is 1.39. The minimum absolute atomic E-state index is 0.248. The third kappa shape index (κ3) is 4.62. The van der Waals surface area contributed by atoms with Crippen molar-refractivity contribution in [3.05, 3.63) is 23.8 Å². The highest BCUT2D eigenvalue weighted by atomic mass is 16.6. The van der Waals surface area contributed by atoms with Crippen molar-refractivity contribution in [1.29, 1.82) is 5.26 Å². The van der Waals surface area contributed by atoms with Crippen molar-refractivity contribution in [2.45, 2.75) is 26.4 Å². The topological polar surface area (TPSA) is 65.7 Å². The van der Waals surface area contributed by atoms with Gasteiger partial charge in [0.15, 0.2) is 0 Å². The monoisotopic (exact) mass is 271 g/mol. The molecule has 0 N–H and O–H groups in total. The van der Waals surface area contributed by atoms with Crippen molar-refractivity contribution >= 4 is 12.3 Å². The standard InChI is InChI=1S/C15H17N3O2/c1-5-12-11-17-18(14(19)20-15(2,3)4)9-7-6-8-13(12)10-16/h1,6-8,11-12H,9H2,2-4H3/b7-6-,13-8-,17-11-. The Kier molecular flexibility index (Phi) is 5.11. The summed E-state index contributed by atoms with van der Waals surface area (Å²) in [5.74, 6) is 1.89. The SMILES string of the molecule is C#CC1/C=N\N(C(=O)OC(C)(C)C)C/C=C\C=C/1C#N. The van der Waals surface area contributed by atoms with Crippen LogP contribution in [0.25, 0.3) is 0 Å². The fourth-order valence-electron chi connectivity index (χ4n) is 1.39. The van der Waals surface area contributed by atoms with E-state index in [9.17, 15) is 4.79 Å². The second-order valence-electron chi connectivity index (χ2n) is 5.13. The smallest absolute Gasteiger partial charge is 0.431 e. The molecule has 0 aromatic carbocycles. The molecule has 0 aromatic heterocycles. The van der Waals surface area contributed by atoms with Crippen molar-refractivity contribution in [2.24, 2.45) is 11.0 Å². The van der Waals surface area contributed by atoms with Gasteiger partial charge in [0, 0.05) is 6.21 Å². The van der Waals surface area contributed by atoms with Crippen LogP contribution >= 0.6 is 0 Å². The predicted molar refractivity (Wildman–Crippen MR) is 76.6 cm³/mol. The zero-order valence-corrected chi connectivity index (χ0v) is 11.8. The lowest BCUT2D eigenvalue weighted by molar-refractivity contribution is 0.0277. The number of nitriles is 1. The third-order valence-electron chi connectivity index (χ3n) is 2.29. The summed E-state index contributed by atoms with van der Waals surface area (Å²) in [4.78, 5) is 12.0. The van der Waals surface area contributed by atoms with E-state index in [0.717, 1.165) is 0 Å². The van der Waals surface area contributed by atoms with E-state index in [-0.39, 0.29) is 6.54 Å². The van der Waals surface area contributed by atoms with Crippen LogP contribution in [0.2, 0.25) is 0 Å². The van der Waals surface area contributed by atoms with Crippen LogP contribution in [0.15, 0.2) is 28.9 Å². The van der Waals surface area contributed by atoms with E-state index in [0.29, 0.717) is 5.57 Å². The summed E-state index contributed by atoms with van der Waals surface area (Å²) < 4.78 is 5.24. The molecule has 5 heteroatoms. The highest BCUT2D eigenvalue weighted by Crippen LogP contribution is 2.13. The Bertz CT molecular complexity index is 539. The molecular formula is C15H17N3O2. The maximum Gasteiger partial charge on any atom is 0.431 e. The van der Waals surface area contributed by atoms with Gasteiger partial charge in [-0.25, -0.2) is 4.79 Å². The zero-order chi connectivity index (χ0) is 15.2. The van der Waals surface area contributed by atoms with E-state index < -0.39 is 17.6 Å². The molecule has 0 fully saturated rings. The summed E-state index contributed by atoms with van der Waals surface area (Å²) in [7, 11) is 0. The Morgan fingerprint density at radius 3 is 2.85 bits per heavy atom. The summed E-state index contributed by atoms with van der Waals surface area (Å²) in [5.41, 5.74) is -0.199. The van der Waals surface area contributed by atoms with Crippen LogP contribution in [-0.4, -0.2) is 29.5 Å². The number of hydrogen-bond donors (Lipinski definition) is 0. The maximum atomic E-state index is 12.0. The number of allylic oxidation sites excluding steroid dienone is 3. The molecule has 1 aliphatic rings. The Labute approximate surface area is 119 Å². The highest BCUT2D eigenvalue weighted by Gasteiger charge is 2.21. The molecule has 1 rings (SSSR count). The molecule has 1 heterocycles. The molecule has 1 unspecified atom stereocenters. The van der Waals surface area contributed by atoms with Crippen LogP contribution < -0.4 is 0 Å². The molecule has 0 aliphatic carbocycles. The van der Waals surface area contributed by atoms with Crippen molar-refractivity contribution in [2.75, 3.05) is 6.54 Å². The molecule has 0 radical (unpaired) electrons. The molecule has 0 saturated heterocycles. The van der Waals surface area contributed by atoms with Gasteiger partial charge in [-0.2, -0.15) is 15.4 Å². The Morgan fingerprint density at radius 2 is 2.30 bits per heavy atom. The number of carbonyl (C=O) groups is 1. The first-order valence-corrected chi connectivity index (χ1v) is 6.15. The number of nitrogens with zero attached hydrogens (tertiary/aromatic N) is 3. The largest absolute Gasteiger partial charge is 0.442 e. The maximum absolute atomic E-state index is 12.0. The lowest BCUT2D eigenvalue weighted by Gasteiger charge is -2.23. The number of terminal acetylenes is 1. The van der Waals surface area contributed by atoms with Crippen LogP contribution in [0.4, 0.5) is 4.79 Å². The van der Waals surface area contributed by atoms with Crippen molar-refractivity contribution < 1.29 is 9.53 Å². The number of carbonyl (C=O) groups excluding carboxylic acids is 1. The predicted octanol–water partition coefficient (Wildman–Crippen LogP) is 2.48. The molecule has 0 saturated carbocycles. The van der Waals surface area contributed by atoms with Gasteiger partial charge >= 0.3 is 6.09 Å². The van der Waals surface area contributed by atoms with Gasteiger partial charge in [0.25, 0.3) is 0 Å². The van der Waals surface area contributed by atoms with Gasteiger partial charge in [-0.15, -0.1) is 6.42 Å². The van der Waals surface area contributed by atoms with Crippen LogP contribution in [0.3, 0.4) is 0 Å². The van der Waals surface area contributed by atoms with E-state index >= 15 is 0 Å². The number of hydrogen-bond acceptors (Lipinski definition) is 4. The van der Waals surface area contributed by atoms with E-state index in [2.05, 4.69) is 11.0 Å². The first kappa shape index (κ1) is 15.5. The summed E-state index contributed by atoms with van der Waals surface area (Å²) in [5, 5.41) is 14.2. The minimum atomic E-state index is -0.601. The summed E-state index contributed by atoms with van der Waals surface area (Å²) >= 11 is 0. The normalized spacial score (nSPS) is 24.8. The first-order valence-electron chi connectivity index (χ1n) is 6.15. The lowest BCUT2D eigenvalue weighted by Crippen LogP contribution is -2.34. The Hall–Kier alpha value is -2.53. The van der Waals surface area contributed by atoms with E-state index in [4.69, 9.17) is 16.4 Å². The highest BCUT2D eigenvalue weighted by molar-refractivity contribution is 5.75. The van der Waals surface area contributed by atoms with Gasteiger partial charge in [-0.1, -0.05) is 18.1 Å². The van der Waals surface area contributed by atoms with Gasteiger partial charge in [-0.3, -0.25) is 0 Å². The third-order valence-corrected chi connectivity index (χ3v) is 2.29. The average molecular weight is 271 g/mol. The van der Waals surface area contributed by atoms with E-state index in [1.165, 1.54) is 11.2 Å². The number of ether oxygens (including phenoxy) is 1. The van der Waals surface area contributed by atoms with Crippen LogP contribution in [-0.2, 0) is 4.74 Å². The van der Waals surface area contributed by atoms with E-state index in [1.54, 1.807) is 39.0 Å². The summed E-state index contributed by atoms with van der Waals surface area (Å²) in [6.07, 6.45) is 11.2. The van der Waals surface area contributed by atoms with Crippen LogP contribution in [0.1, 0.15) is 20.8 Å². The average Bonchev–Trinajstić information content (AvgIpc) is 2.45. The van der Waals surface area contributed by atoms with Crippen LogP contribution in [0, 0.1) is 29.6 Å². The zero-order valence-electron chi connectivity index (χ0n) is 11.8. The molecule has 0 bridgehead atoms. The van der Waals surface area contributed by atoms with Crippen molar-refractivity contribution in [3.63, 3.8) is 0 Å². The first-order chi connectivity index (χ1) is 9.37. The molecule has 0 aromatic rings. The van der Waals surface area contributed by atoms with E-state index in [1.807, 2.05) is 6.07 Å². The lowest BCUT2D eigenvalue weighted by atomic mass is 10.0. The number of hydrazone groups is 1. The summed E-state index contributed by atoms with van der Waals surface area (Å²) in [6, 6.07) is 2.02. The molecule has 1 aliphatic heterocycles. The summed E-state index contributed by atoms with van der Waals surface area (Å²) in [6.45, 7) is 5.58. The molecule has 20 heavy (non-hydrogen) atoms. The molecule has 0 spiro atoms. The molecule has 1 atom stereocenters. The van der Waals surface area contributed by atoms with Gasteiger partial charge < -0.3 is 4.74 Å². The van der Waals surface area contributed by atoms with Gasteiger partial charge in [0.1, 0.15) is 5.60 Å². The second-order valence-corrected chi connectivity index (χ2v) is 5.13. The van der Waals surface area contributed by atoms with Crippen molar-refractivity contribution in [3.8, 4) is 18.4 Å². The van der Waals surface area contributed by atoms with Gasteiger partial charge in [0.2, 0.25) is 0 Å². The van der Waals surface area contributed by atoms with Crippen molar-refractivity contribution in [1.82, 2.24) is 5.01 Å². The Morgan fingerprint density at radius 1 is 1.60 bits per heavy atom. The fraction of sp³-hybridized carbons (Fsp3) is 0.400.